The molecule has 1 atom stereocenters. The van der Waals surface area contributed by atoms with Gasteiger partial charge in [0.05, 0.1) is 5.92 Å². The van der Waals surface area contributed by atoms with Crippen molar-refractivity contribution in [2.45, 2.75) is 32.4 Å². The molecular formula is C20H23N5O. The molecule has 2 aromatic heterocycles. The van der Waals surface area contributed by atoms with Crippen LogP contribution in [0.5, 0.6) is 0 Å². The van der Waals surface area contributed by atoms with Gasteiger partial charge >= 0.3 is 0 Å². The minimum Gasteiger partial charge on any atom is -0.332 e. The zero-order valence-electron chi connectivity index (χ0n) is 15.3. The van der Waals surface area contributed by atoms with Crippen LogP contribution < -0.4 is 0 Å². The summed E-state index contributed by atoms with van der Waals surface area (Å²) in [6.07, 6.45) is 5.66. The van der Waals surface area contributed by atoms with Crippen molar-refractivity contribution < 1.29 is 4.79 Å². The number of imidazole rings is 1. The highest BCUT2D eigenvalue weighted by Crippen LogP contribution is 2.34. The van der Waals surface area contributed by atoms with Gasteiger partial charge in [-0.25, -0.2) is 4.98 Å². The van der Waals surface area contributed by atoms with Gasteiger partial charge in [0.15, 0.2) is 0 Å². The number of benzene rings is 1. The van der Waals surface area contributed by atoms with Gasteiger partial charge < -0.3 is 9.47 Å². The van der Waals surface area contributed by atoms with E-state index in [4.69, 9.17) is 0 Å². The van der Waals surface area contributed by atoms with Crippen LogP contribution in [-0.2, 0) is 13.6 Å². The fraction of sp³-hybridized carbons (Fsp3) is 0.350. The number of fused-ring (bicyclic) bond motifs is 1. The number of rotatable bonds is 3. The molecule has 3 heterocycles. The molecule has 1 amide bonds. The first-order valence-corrected chi connectivity index (χ1v) is 8.94. The van der Waals surface area contributed by atoms with Gasteiger partial charge in [-0.05, 0) is 31.0 Å². The summed E-state index contributed by atoms with van der Waals surface area (Å²) in [6.45, 7) is 5.51. The van der Waals surface area contributed by atoms with Crippen molar-refractivity contribution in [3.8, 4) is 0 Å². The zero-order valence-corrected chi connectivity index (χ0v) is 15.3. The number of hydrogen-bond acceptors (Lipinski definition) is 3. The topological polar surface area (TPSA) is 56.0 Å². The van der Waals surface area contributed by atoms with Gasteiger partial charge in [0.2, 0.25) is 0 Å². The summed E-state index contributed by atoms with van der Waals surface area (Å²) < 4.78 is 3.85. The van der Waals surface area contributed by atoms with Gasteiger partial charge in [-0.1, -0.05) is 24.3 Å². The van der Waals surface area contributed by atoms with E-state index in [0.717, 1.165) is 5.82 Å². The first kappa shape index (κ1) is 16.6. The van der Waals surface area contributed by atoms with E-state index >= 15 is 0 Å². The Kier molecular flexibility index (Phi) is 4.11. The number of amides is 1. The monoisotopic (exact) mass is 349 g/mol. The molecule has 0 saturated heterocycles. The lowest BCUT2D eigenvalue weighted by Gasteiger charge is -2.34. The Morgan fingerprint density at radius 1 is 1.19 bits per heavy atom. The number of carbonyl (C=O) groups excluding carboxylic acids is 1. The molecule has 26 heavy (non-hydrogen) atoms. The second-order valence-corrected chi connectivity index (χ2v) is 7.10. The molecule has 134 valence electrons. The highest BCUT2D eigenvalue weighted by Gasteiger charge is 2.32. The van der Waals surface area contributed by atoms with Crippen molar-refractivity contribution in [2.24, 2.45) is 7.05 Å². The Labute approximate surface area is 153 Å². The van der Waals surface area contributed by atoms with Crippen molar-refractivity contribution in [2.75, 3.05) is 6.54 Å². The van der Waals surface area contributed by atoms with Crippen LogP contribution in [0.4, 0.5) is 0 Å². The Bertz CT molecular complexity index is 939. The fourth-order valence-corrected chi connectivity index (χ4v) is 3.70. The quantitative estimate of drug-likeness (QED) is 0.730. The lowest BCUT2D eigenvalue weighted by atomic mass is 9.88. The molecule has 0 spiro atoms. The Balaban J connectivity index is 1.74. The predicted octanol–water partition coefficient (Wildman–Crippen LogP) is 2.99. The number of aryl methyl sites for hydroxylation is 1. The average Bonchev–Trinajstić information content (AvgIpc) is 3.29. The zero-order chi connectivity index (χ0) is 18.3. The van der Waals surface area contributed by atoms with E-state index in [1.54, 1.807) is 16.9 Å². The normalized spacial score (nSPS) is 16.8. The molecule has 0 N–H and O–H groups in total. The highest BCUT2D eigenvalue weighted by molar-refractivity contribution is 5.92. The molecule has 6 nitrogen and oxygen atoms in total. The fourth-order valence-electron chi connectivity index (χ4n) is 3.70. The molecule has 1 aliphatic heterocycles. The van der Waals surface area contributed by atoms with Crippen LogP contribution in [0, 0.1) is 0 Å². The van der Waals surface area contributed by atoms with Gasteiger partial charge in [0, 0.05) is 44.8 Å². The SMILES string of the molecule is CC(C)n1ccnc1C1CN(C(=O)c2ccn(C)n2)Cc2ccccc21. The van der Waals surface area contributed by atoms with Gasteiger partial charge in [-0.3, -0.25) is 9.48 Å². The number of carbonyl (C=O) groups is 1. The summed E-state index contributed by atoms with van der Waals surface area (Å²) in [6, 6.07) is 10.4. The molecule has 1 aliphatic rings. The molecule has 0 saturated carbocycles. The summed E-state index contributed by atoms with van der Waals surface area (Å²) in [5, 5.41) is 4.28. The molecule has 0 fully saturated rings. The van der Waals surface area contributed by atoms with Crippen molar-refractivity contribution in [1.82, 2.24) is 24.2 Å². The summed E-state index contributed by atoms with van der Waals surface area (Å²) in [5.74, 6) is 1.03. The smallest absolute Gasteiger partial charge is 0.274 e. The second kappa shape index (κ2) is 6.44. The van der Waals surface area contributed by atoms with Crippen LogP contribution in [0.3, 0.4) is 0 Å². The van der Waals surface area contributed by atoms with E-state index in [1.165, 1.54) is 11.1 Å². The minimum absolute atomic E-state index is 0.0345. The lowest BCUT2D eigenvalue weighted by molar-refractivity contribution is 0.0716. The van der Waals surface area contributed by atoms with E-state index in [0.29, 0.717) is 24.8 Å². The summed E-state index contributed by atoms with van der Waals surface area (Å²) in [7, 11) is 1.82. The van der Waals surface area contributed by atoms with Gasteiger partial charge in [-0.2, -0.15) is 5.10 Å². The highest BCUT2D eigenvalue weighted by atomic mass is 16.2. The molecule has 4 rings (SSSR count). The Hall–Kier alpha value is -2.89. The van der Waals surface area contributed by atoms with Crippen molar-refractivity contribution in [1.29, 1.82) is 0 Å². The molecule has 0 radical (unpaired) electrons. The van der Waals surface area contributed by atoms with Gasteiger partial charge in [0.1, 0.15) is 11.5 Å². The van der Waals surface area contributed by atoms with Gasteiger partial charge in [-0.15, -0.1) is 0 Å². The third-order valence-corrected chi connectivity index (χ3v) is 4.98. The van der Waals surface area contributed by atoms with E-state index in [2.05, 4.69) is 46.7 Å². The van der Waals surface area contributed by atoms with E-state index < -0.39 is 0 Å². The van der Waals surface area contributed by atoms with E-state index in [1.807, 2.05) is 30.4 Å². The number of nitrogens with zero attached hydrogens (tertiary/aromatic N) is 5. The van der Waals surface area contributed by atoms with Crippen LogP contribution in [0.1, 0.15) is 53.2 Å². The third-order valence-electron chi connectivity index (χ3n) is 4.98. The van der Waals surface area contributed by atoms with E-state index in [9.17, 15) is 4.79 Å². The number of aromatic nitrogens is 4. The maximum absolute atomic E-state index is 13.0. The molecule has 6 heteroatoms. The van der Waals surface area contributed by atoms with Crippen LogP contribution in [-0.4, -0.2) is 36.7 Å². The Morgan fingerprint density at radius 3 is 2.73 bits per heavy atom. The molecule has 0 aliphatic carbocycles. The van der Waals surface area contributed by atoms with Crippen LogP contribution in [0.25, 0.3) is 0 Å². The van der Waals surface area contributed by atoms with E-state index in [-0.39, 0.29) is 11.8 Å². The lowest BCUT2D eigenvalue weighted by Crippen LogP contribution is -2.39. The molecule has 0 bridgehead atoms. The van der Waals surface area contributed by atoms with Gasteiger partial charge in [0.25, 0.3) is 5.91 Å². The largest absolute Gasteiger partial charge is 0.332 e. The Morgan fingerprint density at radius 2 is 2.00 bits per heavy atom. The molecule has 1 aromatic carbocycles. The maximum Gasteiger partial charge on any atom is 0.274 e. The first-order valence-electron chi connectivity index (χ1n) is 8.94. The van der Waals surface area contributed by atoms with Crippen molar-refractivity contribution in [3.05, 3.63) is 71.6 Å². The molecule has 1 unspecified atom stereocenters. The van der Waals surface area contributed by atoms with Crippen LogP contribution in [0.15, 0.2) is 48.9 Å². The molecule has 3 aromatic rings. The second-order valence-electron chi connectivity index (χ2n) is 7.10. The average molecular weight is 349 g/mol. The van der Waals surface area contributed by atoms with Crippen LogP contribution >= 0.6 is 0 Å². The standard InChI is InChI=1S/C20H23N5O/c1-14(2)25-11-9-21-19(25)17-13-24(12-15-6-4-5-7-16(15)17)20(26)18-8-10-23(3)22-18/h4-11,14,17H,12-13H2,1-3H3. The minimum atomic E-state index is -0.0345. The number of hydrogen-bond donors (Lipinski definition) is 0. The molecular weight excluding hydrogens is 326 g/mol. The summed E-state index contributed by atoms with van der Waals surface area (Å²) in [4.78, 5) is 19.5. The first-order chi connectivity index (χ1) is 12.5. The maximum atomic E-state index is 13.0. The third kappa shape index (κ3) is 2.81. The summed E-state index contributed by atoms with van der Waals surface area (Å²) >= 11 is 0. The van der Waals surface area contributed by atoms with Crippen molar-refractivity contribution in [3.63, 3.8) is 0 Å². The van der Waals surface area contributed by atoms with Crippen LogP contribution in [0.2, 0.25) is 0 Å². The summed E-state index contributed by atoms with van der Waals surface area (Å²) in [5.41, 5.74) is 2.91. The predicted molar refractivity (Wildman–Crippen MR) is 98.8 cm³/mol. The van der Waals surface area contributed by atoms with Crippen molar-refractivity contribution >= 4 is 5.91 Å².